The second-order valence-electron chi connectivity index (χ2n) is 10.6. The number of alkyl carbamates (subject to hydrolysis) is 1. The van der Waals surface area contributed by atoms with Crippen LogP contribution in [0.1, 0.15) is 69.3 Å². The number of aryl methyl sites for hydroxylation is 1. The van der Waals surface area contributed by atoms with Crippen LogP contribution in [0.25, 0.3) is 11.3 Å². The van der Waals surface area contributed by atoms with Gasteiger partial charge in [0.2, 0.25) is 5.91 Å². The van der Waals surface area contributed by atoms with Gasteiger partial charge >= 0.3 is 6.09 Å². The zero-order valence-electron chi connectivity index (χ0n) is 23.2. The molecule has 1 aromatic carbocycles. The summed E-state index contributed by atoms with van der Waals surface area (Å²) in [5.41, 5.74) is 3.98. The van der Waals surface area contributed by atoms with E-state index in [9.17, 15) is 14.0 Å². The van der Waals surface area contributed by atoms with Crippen molar-refractivity contribution < 1.29 is 28.2 Å². The van der Waals surface area contributed by atoms with Crippen molar-refractivity contribution in [1.82, 2.24) is 15.2 Å². The number of H-pyrrole nitrogens is 1. The van der Waals surface area contributed by atoms with E-state index in [2.05, 4.69) is 17.2 Å². The maximum atomic E-state index is 14.6. The van der Waals surface area contributed by atoms with E-state index in [0.29, 0.717) is 36.3 Å². The highest BCUT2D eigenvalue weighted by molar-refractivity contribution is 5.86. The minimum absolute atomic E-state index is 0.00238. The number of methoxy groups -OCH3 is 2. The third kappa shape index (κ3) is 5.67. The summed E-state index contributed by atoms with van der Waals surface area (Å²) in [4.78, 5) is 31.7. The normalized spacial score (nSPS) is 24.2. The maximum absolute atomic E-state index is 14.6. The van der Waals surface area contributed by atoms with E-state index in [4.69, 9.17) is 14.2 Å². The minimum atomic E-state index is -0.702. The van der Waals surface area contributed by atoms with E-state index < -0.39 is 12.1 Å². The van der Waals surface area contributed by atoms with Crippen molar-refractivity contribution in [2.24, 2.45) is 5.92 Å². The monoisotopic (exact) mass is 529 g/mol. The molecule has 3 heterocycles. The molecule has 8 nitrogen and oxygen atoms in total. The van der Waals surface area contributed by atoms with Gasteiger partial charge in [-0.25, -0.2) is 9.18 Å². The molecule has 2 aliphatic heterocycles. The highest BCUT2D eigenvalue weighted by Crippen LogP contribution is 2.39. The number of ether oxygens (including phenoxy) is 3. The largest absolute Gasteiger partial charge is 0.496 e. The van der Waals surface area contributed by atoms with Crippen LogP contribution in [0.4, 0.5) is 9.18 Å². The fourth-order valence-electron chi connectivity index (χ4n) is 6.09. The van der Waals surface area contributed by atoms with Gasteiger partial charge in [-0.3, -0.25) is 4.79 Å². The van der Waals surface area contributed by atoms with Crippen molar-refractivity contribution in [2.45, 2.75) is 84.1 Å². The summed E-state index contributed by atoms with van der Waals surface area (Å²) in [7, 11) is 2.84. The molecule has 0 saturated carbocycles. The molecular weight excluding hydrogens is 489 g/mol. The van der Waals surface area contributed by atoms with Gasteiger partial charge in [-0.15, -0.1) is 0 Å². The number of nitrogens with one attached hydrogen (secondary N) is 2. The molecule has 4 atom stereocenters. The van der Waals surface area contributed by atoms with E-state index in [1.165, 1.54) is 20.3 Å². The molecule has 4 unspecified atom stereocenters. The Kier molecular flexibility index (Phi) is 8.65. The van der Waals surface area contributed by atoms with Crippen LogP contribution in [-0.2, 0) is 20.7 Å². The molecule has 4 rings (SSSR count). The second-order valence-corrected chi connectivity index (χ2v) is 10.6. The summed E-state index contributed by atoms with van der Waals surface area (Å²) in [5.74, 6) is -0.00808. The van der Waals surface area contributed by atoms with Crippen molar-refractivity contribution in [1.29, 1.82) is 0 Å². The predicted octanol–water partition coefficient (Wildman–Crippen LogP) is 5.29. The molecule has 0 bridgehead atoms. The Morgan fingerprint density at radius 2 is 1.92 bits per heavy atom. The van der Waals surface area contributed by atoms with Crippen LogP contribution < -0.4 is 10.1 Å². The number of carbonyl (C=O) groups excluding carboxylic acids is 2. The Morgan fingerprint density at radius 1 is 1.21 bits per heavy atom. The van der Waals surface area contributed by atoms with Gasteiger partial charge in [-0.1, -0.05) is 6.92 Å². The van der Waals surface area contributed by atoms with Gasteiger partial charge < -0.3 is 29.4 Å². The first-order chi connectivity index (χ1) is 18.2. The number of carbonyl (C=O) groups is 2. The van der Waals surface area contributed by atoms with Crippen LogP contribution in [0.3, 0.4) is 0 Å². The summed E-state index contributed by atoms with van der Waals surface area (Å²) >= 11 is 0. The van der Waals surface area contributed by atoms with Gasteiger partial charge in [0.15, 0.2) is 0 Å². The molecule has 0 spiro atoms. The van der Waals surface area contributed by atoms with Gasteiger partial charge in [0, 0.05) is 29.1 Å². The van der Waals surface area contributed by atoms with E-state index in [-0.39, 0.29) is 35.9 Å². The van der Waals surface area contributed by atoms with Crippen molar-refractivity contribution in [3.8, 4) is 17.0 Å². The van der Waals surface area contributed by atoms with Crippen molar-refractivity contribution in [2.75, 3.05) is 20.8 Å². The zero-order valence-corrected chi connectivity index (χ0v) is 23.2. The van der Waals surface area contributed by atoms with E-state index in [1.54, 1.807) is 6.92 Å². The zero-order chi connectivity index (χ0) is 27.6. The molecule has 9 heteroatoms. The summed E-state index contributed by atoms with van der Waals surface area (Å²) < 4.78 is 30.8. The third-order valence-corrected chi connectivity index (χ3v) is 7.94. The van der Waals surface area contributed by atoms with Crippen LogP contribution >= 0.6 is 0 Å². The Labute approximate surface area is 224 Å². The smallest absolute Gasteiger partial charge is 0.407 e. The number of likely N-dealkylation sites (tertiary alicyclic amines) is 1. The molecule has 1 aromatic heterocycles. The molecule has 0 radical (unpaired) electrons. The summed E-state index contributed by atoms with van der Waals surface area (Å²) in [5, 5.41) is 2.84. The van der Waals surface area contributed by atoms with Gasteiger partial charge in [-0.05, 0) is 82.6 Å². The van der Waals surface area contributed by atoms with Crippen LogP contribution in [0, 0.1) is 18.7 Å². The average Bonchev–Trinajstić information content (AvgIpc) is 3.54. The first-order valence-corrected chi connectivity index (χ1v) is 13.5. The summed E-state index contributed by atoms with van der Waals surface area (Å²) in [6.45, 7) is 8.36. The van der Waals surface area contributed by atoms with Crippen molar-refractivity contribution in [3.63, 3.8) is 0 Å². The molecule has 2 N–H and O–H groups in total. The van der Waals surface area contributed by atoms with Crippen LogP contribution in [-0.4, -0.2) is 60.9 Å². The first kappa shape index (κ1) is 28.0. The standard InChI is InChI=1S/C29H40FN3O5/c1-7-19-14-23(20-13-22(30)18(4)25(15-20)36-5)31-26(19)24-9-8-10-33(24)28(34)27(32-29(35)37-6)21-11-16(2)38-17(3)12-21/h13-17,21,24,27,31H,7-12H2,1-6H3,(H,32,35). The molecule has 38 heavy (non-hydrogen) atoms. The fraction of sp³-hybridized carbons (Fsp3) is 0.586. The molecular formula is C29H40FN3O5. The maximum Gasteiger partial charge on any atom is 0.407 e. The third-order valence-electron chi connectivity index (χ3n) is 7.94. The van der Waals surface area contributed by atoms with Gasteiger partial charge in [0.05, 0.1) is 32.5 Å². The second kappa shape index (κ2) is 11.8. The number of aromatic nitrogens is 1. The minimum Gasteiger partial charge on any atom is -0.496 e. The van der Waals surface area contributed by atoms with E-state index in [1.807, 2.05) is 30.9 Å². The van der Waals surface area contributed by atoms with E-state index >= 15 is 0 Å². The Bertz CT molecular complexity index is 1160. The Morgan fingerprint density at radius 3 is 2.55 bits per heavy atom. The average molecular weight is 530 g/mol. The fourth-order valence-corrected chi connectivity index (χ4v) is 6.09. The number of hydrogen-bond donors (Lipinski definition) is 2. The molecule has 0 aliphatic carbocycles. The first-order valence-electron chi connectivity index (χ1n) is 13.5. The molecule has 2 fully saturated rings. The van der Waals surface area contributed by atoms with Gasteiger partial charge in [-0.2, -0.15) is 0 Å². The Balaban J connectivity index is 1.66. The lowest BCUT2D eigenvalue weighted by atomic mass is 9.85. The van der Waals surface area contributed by atoms with Gasteiger partial charge in [0.1, 0.15) is 17.6 Å². The SMILES string of the molecule is CCc1cc(-c2cc(F)c(C)c(OC)c2)[nH]c1C1CCCN1C(=O)C(NC(=O)OC)C1CC(C)OC(C)C1. The van der Waals surface area contributed by atoms with Crippen molar-refractivity contribution in [3.05, 3.63) is 40.8 Å². The lowest BCUT2D eigenvalue weighted by Crippen LogP contribution is -2.54. The van der Waals surface area contributed by atoms with Crippen LogP contribution in [0.2, 0.25) is 0 Å². The summed E-state index contributed by atoms with van der Waals surface area (Å²) in [6, 6.07) is 4.50. The molecule has 2 saturated heterocycles. The lowest BCUT2D eigenvalue weighted by molar-refractivity contribution is -0.138. The molecule has 208 valence electrons. The van der Waals surface area contributed by atoms with Crippen molar-refractivity contribution >= 4 is 12.0 Å². The number of nitrogens with zero attached hydrogens (tertiary/aromatic N) is 1. The predicted molar refractivity (Wildman–Crippen MR) is 143 cm³/mol. The molecule has 2 aliphatic rings. The highest BCUT2D eigenvalue weighted by Gasteiger charge is 2.42. The van der Waals surface area contributed by atoms with E-state index in [0.717, 1.165) is 36.2 Å². The topological polar surface area (TPSA) is 92.9 Å². The lowest BCUT2D eigenvalue weighted by Gasteiger charge is -2.38. The number of hydrogen-bond acceptors (Lipinski definition) is 5. The number of benzene rings is 1. The van der Waals surface area contributed by atoms with Crippen LogP contribution in [0.5, 0.6) is 5.75 Å². The van der Waals surface area contributed by atoms with Gasteiger partial charge in [0.25, 0.3) is 0 Å². The summed E-state index contributed by atoms with van der Waals surface area (Å²) in [6.07, 6.45) is 3.15. The number of halogens is 1. The number of aromatic amines is 1. The quantitative estimate of drug-likeness (QED) is 0.508. The Hall–Kier alpha value is -3.07. The highest BCUT2D eigenvalue weighted by atomic mass is 19.1. The molecule has 2 amide bonds. The van der Waals surface area contributed by atoms with Crippen LogP contribution in [0.15, 0.2) is 18.2 Å². The molecule has 2 aromatic rings. The number of amides is 2. The number of rotatable bonds is 7.